The number of aromatic nitrogens is 4. The van der Waals surface area contributed by atoms with E-state index in [1.54, 1.807) is 23.1 Å². The number of nitrogens with zero attached hydrogens (tertiary/aromatic N) is 4. The largest absolute Gasteiger partial charge is 0.310 e. The van der Waals surface area contributed by atoms with Gasteiger partial charge in [0.15, 0.2) is 0 Å². The van der Waals surface area contributed by atoms with Crippen molar-refractivity contribution in [3.05, 3.63) is 102 Å². The first-order chi connectivity index (χ1) is 15.4. The summed E-state index contributed by atoms with van der Waals surface area (Å²) in [6.07, 6.45) is 3.63. The quantitative estimate of drug-likeness (QED) is 0.465. The van der Waals surface area contributed by atoms with Crippen molar-refractivity contribution < 1.29 is 4.79 Å². The Labute approximate surface area is 188 Å². The summed E-state index contributed by atoms with van der Waals surface area (Å²) in [6, 6.07) is 23.9. The SMILES string of the molecule is CC(C)(C)c1cc(NC(=O)CC(c2ccccc2)c2ccccc2)n(-c2ncccn2)n1. The van der Waals surface area contributed by atoms with E-state index in [2.05, 4.69) is 65.4 Å². The molecule has 0 spiro atoms. The van der Waals surface area contributed by atoms with E-state index >= 15 is 0 Å². The van der Waals surface area contributed by atoms with Gasteiger partial charge in [0.25, 0.3) is 5.95 Å². The molecular weight excluding hydrogens is 398 g/mol. The van der Waals surface area contributed by atoms with Gasteiger partial charge in [-0.25, -0.2) is 9.97 Å². The number of rotatable bonds is 6. The van der Waals surface area contributed by atoms with Crippen molar-refractivity contribution in [2.45, 2.75) is 38.5 Å². The zero-order valence-electron chi connectivity index (χ0n) is 18.6. The van der Waals surface area contributed by atoms with E-state index in [-0.39, 0.29) is 17.2 Å². The lowest BCUT2D eigenvalue weighted by Gasteiger charge is -2.18. The smallest absolute Gasteiger partial charge is 0.252 e. The van der Waals surface area contributed by atoms with Crippen molar-refractivity contribution in [1.29, 1.82) is 0 Å². The summed E-state index contributed by atoms with van der Waals surface area (Å²) in [4.78, 5) is 21.8. The average molecular weight is 426 g/mol. The Morgan fingerprint density at radius 2 is 1.47 bits per heavy atom. The molecule has 4 aromatic rings. The highest BCUT2D eigenvalue weighted by atomic mass is 16.1. The van der Waals surface area contributed by atoms with Crippen LogP contribution in [0.3, 0.4) is 0 Å². The lowest BCUT2D eigenvalue weighted by molar-refractivity contribution is -0.116. The molecule has 162 valence electrons. The summed E-state index contributed by atoms with van der Waals surface area (Å²) in [7, 11) is 0. The van der Waals surface area contributed by atoms with Crippen LogP contribution in [0.4, 0.5) is 5.82 Å². The summed E-state index contributed by atoms with van der Waals surface area (Å²) >= 11 is 0. The maximum absolute atomic E-state index is 13.2. The minimum absolute atomic E-state index is 0.0520. The van der Waals surface area contributed by atoms with Gasteiger partial charge in [0.05, 0.1) is 5.69 Å². The summed E-state index contributed by atoms with van der Waals surface area (Å²) in [5, 5.41) is 7.73. The predicted molar refractivity (Wildman–Crippen MR) is 126 cm³/mol. The third-order valence-electron chi connectivity index (χ3n) is 5.28. The minimum Gasteiger partial charge on any atom is -0.310 e. The van der Waals surface area contributed by atoms with Crippen molar-refractivity contribution in [3.8, 4) is 5.95 Å². The lowest BCUT2D eigenvalue weighted by Crippen LogP contribution is -2.19. The molecule has 0 aliphatic heterocycles. The Bertz CT molecular complexity index is 1130. The molecular formula is C26H27N5O. The number of hydrogen-bond acceptors (Lipinski definition) is 4. The van der Waals surface area contributed by atoms with Gasteiger partial charge in [-0.1, -0.05) is 81.4 Å². The monoisotopic (exact) mass is 425 g/mol. The number of anilines is 1. The fourth-order valence-electron chi connectivity index (χ4n) is 3.57. The molecule has 4 rings (SSSR count). The molecule has 0 saturated carbocycles. The van der Waals surface area contributed by atoms with E-state index in [4.69, 9.17) is 0 Å². The van der Waals surface area contributed by atoms with Crippen LogP contribution in [-0.4, -0.2) is 25.7 Å². The molecule has 32 heavy (non-hydrogen) atoms. The molecule has 0 unspecified atom stereocenters. The maximum Gasteiger partial charge on any atom is 0.252 e. The Morgan fingerprint density at radius 1 is 0.906 bits per heavy atom. The minimum atomic E-state index is -0.184. The zero-order chi connectivity index (χ0) is 22.6. The standard InChI is InChI=1S/C26H27N5O/c1-26(2,3)22-18-23(31(30-22)25-27-15-10-16-28-25)29-24(32)17-21(19-11-6-4-7-12-19)20-13-8-5-9-14-20/h4-16,18,21H,17H2,1-3H3,(H,29,32). The molecule has 0 saturated heterocycles. The van der Waals surface area contributed by atoms with Crippen molar-refractivity contribution in [2.75, 3.05) is 5.32 Å². The van der Waals surface area contributed by atoms with Crippen LogP contribution in [-0.2, 0) is 10.2 Å². The summed E-state index contributed by atoms with van der Waals surface area (Å²) in [6.45, 7) is 6.24. The van der Waals surface area contributed by atoms with Crippen LogP contribution in [0.2, 0.25) is 0 Å². The molecule has 0 fully saturated rings. The summed E-state index contributed by atoms with van der Waals surface area (Å²) in [5.74, 6) is 0.830. The van der Waals surface area contributed by atoms with E-state index in [0.29, 0.717) is 18.2 Å². The maximum atomic E-state index is 13.2. The predicted octanol–water partition coefficient (Wildman–Crippen LogP) is 5.12. The highest BCUT2D eigenvalue weighted by molar-refractivity contribution is 5.91. The average Bonchev–Trinajstić information content (AvgIpc) is 3.23. The molecule has 0 aliphatic carbocycles. The van der Waals surface area contributed by atoms with Crippen molar-refractivity contribution >= 4 is 11.7 Å². The van der Waals surface area contributed by atoms with Gasteiger partial charge in [-0.15, -0.1) is 0 Å². The normalized spacial score (nSPS) is 11.5. The Kier molecular flexibility index (Phi) is 6.12. The number of carbonyl (C=O) groups excluding carboxylic acids is 1. The number of carbonyl (C=O) groups is 1. The second-order valence-corrected chi connectivity index (χ2v) is 8.75. The molecule has 0 bridgehead atoms. The fraction of sp³-hybridized carbons (Fsp3) is 0.231. The topological polar surface area (TPSA) is 72.7 Å². The van der Waals surface area contributed by atoms with Gasteiger partial charge in [0, 0.05) is 36.2 Å². The van der Waals surface area contributed by atoms with Gasteiger partial charge in [-0.05, 0) is 17.2 Å². The molecule has 0 aliphatic rings. The van der Waals surface area contributed by atoms with Gasteiger partial charge in [0.2, 0.25) is 5.91 Å². The Hall–Kier alpha value is -3.80. The highest BCUT2D eigenvalue weighted by Gasteiger charge is 2.24. The van der Waals surface area contributed by atoms with Crippen LogP contribution in [0.25, 0.3) is 5.95 Å². The third-order valence-corrected chi connectivity index (χ3v) is 5.28. The number of nitrogens with one attached hydrogen (secondary N) is 1. The molecule has 6 heteroatoms. The summed E-state index contributed by atoms with van der Waals surface area (Å²) < 4.78 is 1.60. The van der Waals surface area contributed by atoms with Gasteiger partial charge in [-0.3, -0.25) is 4.79 Å². The van der Waals surface area contributed by atoms with Crippen molar-refractivity contribution in [2.24, 2.45) is 0 Å². The van der Waals surface area contributed by atoms with E-state index < -0.39 is 0 Å². The molecule has 1 amide bonds. The van der Waals surface area contributed by atoms with Crippen LogP contribution >= 0.6 is 0 Å². The highest BCUT2D eigenvalue weighted by Crippen LogP contribution is 2.29. The van der Waals surface area contributed by atoms with Crippen LogP contribution in [0.5, 0.6) is 0 Å². The number of hydrogen-bond donors (Lipinski definition) is 1. The molecule has 2 aromatic carbocycles. The van der Waals surface area contributed by atoms with Gasteiger partial charge in [-0.2, -0.15) is 9.78 Å². The third kappa shape index (κ3) is 4.91. The molecule has 0 atom stereocenters. The second-order valence-electron chi connectivity index (χ2n) is 8.75. The molecule has 2 aromatic heterocycles. The van der Waals surface area contributed by atoms with Crippen molar-refractivity contribution in [3.63, 3.8) is 0 Å². The van der Waals surface area contributed by atoms with Gasteiger partial charge >= 0.3 is 0 Å². The molecule has 1 N–H and O–H groups in total. The van der Waals surface area contributed by atoms with Crippen LogP contribution in [0.1, 0.15) is 49.9 Å². The van der Waals surface area contributed by atoms with Crippen LogP contribution in [0.15, 0.2) is 85.2 Å². The Balaban J connectivity index is 1.63. The Morgan fingerprint density at radius 3 is 2.00 bits per heavy atom. The zero-order valence-corrected chi connectivity index (χ0v) is 18.6. The first-order valence-electron chi connectivity index (χ1n) is 10.7. The van der Waals surface area contributed by atoms with E-state index in [1.807, 2.05) is 42.5 Å². The fourth-order valence-corrected chi connectivity index (χ4v) is 3.57. The first kappa shape index (κ1) is 21.4. The van der Waals surface area contributed by atoms with E-state index in [9.17, 15) is 4.79 Å². The van der Waals surface area contributed by atoms with E-state index in [0.717, 1.165) is 16.8 Å². The van der Waals surface area contributed by atoms with Gasteiger partial charge in [0.1, 0.15) is 5.82 Å². The molecule has 6 nitrogen and oxygen atoms in total. The lowest BCUT2D eigenvalue weighted by atomic mass is 9.88. The second kappa shape index (κ2) is 9.14. The van der Waals surface area contributed by atoms with Crippen LogP contribution < -0.4 is 5.32 Å². The number of amides is 1. The first-order valence-corrected chi connectivity index (χ1v) is 10.7. The summed E-state index contributed by atoms with van der Waals surface area (Å²) in [5.41, 5.74) is 2.87. The van der Waals surface area contributed by atoms with Gasteiger partial charge < -0.3 is 5.32 Å². The van der Waals surface area contributed by atoms with E-state index in [1.165, 1.54) is 0 Å². The molecule has 2 heterocycles. The number of benzene rings is 2. The van der Waals surface area contributed by atoms with Crippen LogP contribution in [0, 0.1) is 0 Å². The molecule has 0 radical (unpaired) electrons. The van der Waals surface area contributed by atoms with Crippen molar-refractivity contribution in [1.82, 2.24) is 19.7 Å².